The smallest absolute Gasteiger partial charge is 0.305 e. The number of methoxy groups -OCH3 is 1. The summed E-state index contributed by atoms with van der Waals surface area (Å²) in [5, 5.41) is 9.05. The zero-order valence-electron chi connectivity index (χ0n) is 21.5. The minimum Gasteiger partial charge on any atom is -0.469 e. The second-order valence-corrected chi connectivity index (χ2v) is 10.1. The molecule has 2 aliphatic rings. The van der Waals surface area contributed by atoms with Gasteiger partial charge in [-0.05, 0) is 56.2 Å². The predicted molar refractivity (Wildman–Crippen MR) is 138 cm³/mol. The summed E-state index contributed by atoms with van der Waals surface area (Å²) in [7, 11) is 1.38. The van der Waals surface area contributed by atoms with Gasteiger partial charge in [-0.25, -0.2) is 0 Å². The highest BCUT2D eigenvalue weighted by Crippen LogP contribution is 2.24. The van der Waals surface area contributed by atoms with E-state index >= 15 is 0 Å². The van der Waals surface area contributed by atoms with Crippen molar-refractivity contribution < 1.29 is 23.9 Å². The summed E-state index contributed by atoms with van der Waals surface area (Å²) in [5.41, 5.74) is 1.27. The Morgan fingerprint density at radius 2 is 1.28 bits per heavy atom. The predicted octanol–water partition coefficient (Wildman–Crippen LogP) is 4.34. The minimum absolute atomic E-state index is 0.0785. The molecule has 2 aliphatic carbocycles. The Labute approximate surface area is 214 Å². The van der Waals surface area contributed by atoms with E-state index in [1.807, 2.05) is 0 Å². The third-order valence-corrected chi connectivity index (χ3v) is 7.22. The van der Waals surface area contributed by atoms with Gasteiger partial charge in [0.1, 0.15) is 5.92 Å². The molecule has 3 N–H and O–H groups in total. The van der Waals surface area contributed by atoms with Crippen LogP contribution in [0.1, 0.15) is 101 Å². The number of esters is 1. The van der Waals surface area contributed by atoms with E-state index in [0.717, 1.165) is 77.0 Å². The van der Waals surface area contributed by atoms with Gasteiger partial charge in [0, 0.05) is 30.6 Å². The second kappa shape index (κ2) is 14.6. The number of carbonyl (C=O) groups is 4. The lowest BCUT2D eigenvalue weighted by Gasteiger charge is -2.22. The molecule has 1 aromatic carbocycles. The number of unbranched alkanes of at least 4 members (excludes halogenated alkanes) is 3. The number of hydrogen-bond donors (Lipinski definition) is 3. The molecule has 0 radical (unpaired) electrons. The summed E-state index contributed by atoms with van der Waals surface area (Å²) in [6.07, 6.45) is 12.3. The van der Waals surface area contributed by atoms with Crippen LogP contribution in [0.2, 0.25) is 0 Å². The molecule has 36 heavy (non-hydrogen) atoms. The largest absolute Gasteiger partial charge is 0.469 e. The number of rotatable bonds is 13. The number of anilines is 1. The molecule has 0 bridgehead atoms. The van der Waals surface area contributed by atoms with Gasteiger partial charge in [0.05, 0.1) is 7.11 Å². The number of carbonyl (C=O) groups excluding carboxylic acids is 4. The monoisotopic (exact) mass is 499 g/mol. The van der Waals surface area contributed by atoms with Crippen molar-refractivity contribution in [2.75, 3.05) is 12.4 Å². The van der Waals surface area contributed by atoms with Crippen molar-refractivity contribution in [1.29, 1.82) is 0 Å². The van der Waals surface area contributed by atoms with Crippen LogP contribution in [-0.2, 0) is 23.9 Å². The van der Waals surface area contributed by atoms with Crippen molar-refractivity contribution in [2.45, 2.75) is 108 Å². The van der Waals surface area contributed by atoms with Gasteiger partial charge in [0.25, 0.3) is 0 Å². The molecule has 0 aromatic heterocycles. The van der Waals surface area contributed by atoms with Crippen LogP contribution in [0, 0.1) is 0 Å². The molecule has 0 spiro atoms. The van der Waals surface area contributed by atoms with E-state index in [-0.39, 0.29) is 35.8 Å². The van der Waals surface area contributed by atoms with E-state index in [2.05, 4.69) is 20.7 Å². The number of ether oxygens (including phenoxy) is 1. The first-order chi connectivity index (χ1) is 17.5. The molecule has 0 saturated heterocycles. The number of benzene rings is 1. The lowest BCUT2D eigenvalue weighted by Crippen LogP contribution is -2.45. The summed E-state index contributed by atoms with van der Waals surface area (Å²) >= 11 is 0. The SMILES string of the molecule is COC(=O)CCCCCCC(=O)Nc1ccc(C(C(=O)NC2CCCC2)C(=O)NC2CCCC2)cc1. The highest BCUT2D eigenvalue weighted by molar-refractivity contribution is 6.06. The van der Waals surface area contributed by atoms with Crippen molar-refractivity contribution in [3.63, 3.8) is 0 Å². The molecule has 0 unspecified atom stereocenters. The van der Waals surface area contributed by atoms with Crippen LogP contribution in [-0.4, -0.2) is 42.9 Å². The first-order valence-electron chi connectivity index (χ1n) is 13.5. The van der Waals surface area contributed by atoms with E-state index < -0.39 is 5.92 Å². The van der Waals surface area contributed by atoms with Crippen molar-refractivity contribution >= 4 is 29.4 Å². The summed E-state index contributed by atoms with van der Waals surface area (Å²) in [6.45, 7) is 0. The maximum Gasteiger partial charge on any atom is 0.305 e. The third-order valence-electron chi connectivity index (χ3n) is 7.22. The maximum absolute atomic E-state index is 13.2. The Balaban J connectivity index is 1.52. The highest BCUT2D eigenvalue weighted by atomic mass is 16.5. The molecule has 2 saturated carbocycles. The topological polar surface area (TPSA) is 114 Å². The molecule has 3 rings (SSSR count). The Kier molecular flexibility index (Phi) is 11.2. The van der Waals surface area contributed by atoms with Gasteiger partial charge in [0.2, 0.25) is 17.7 Å². The van der Waals surface area contributed by atoms with Crippen molar-refractivity contribution in [3.8, 4) is 0 Å². The minimum atomic E-state index is -0.902. The van der Waals surface area contributed by atoms with Crippen LogP contribution >= 0.6 is 0 Å². The molecule has 3 amide bonds. The van der Waals surface area contributed by atoms with Crippen molar-refractivity contribution in [3.05, 3.63) is 29.8 Å². The first kappa shape index (κ1) is 27.7. The van der Waals surface area contributed by atoms with Crippen LogP contribution in [0.15, 0.2) is 24.3 Å². The average molecular weight is 500 g/mol. The lowest BCUT2D eigenvalue weighted by atomic mass is 9.95. The van der Waals surface area contributed by atoms with Gasteiger partial charge in [-0.1, -0.05) is 50.7 Å². The summed E-state index contributed by atoms with van der Waals surface area (Å²) in [5.74, 6) is -1.68. The second-order valence-electron chi connectivity index (χ2n) is 10.1. The number of nitrogens with one attached hydrogen (secondary N) is 3. The maximum atomic E-state index is 13.2. The molecule has 2 fully saturated rings. The van der Waals surface area contributed by atoms with Crippen LogP contribution in [0.3, 0.4) is 0 Å². The summed E-state index contributed by atoms with van der Waals surface area (Å²) in [4.78, 5) is 49.7. The van der Waals surface area contributed by atoms with Crippen molar-refractivity contribution in [1.82, 2.24) is 10.6 Å². The molecule has 1 aromatic rings. The summed E-state index contributed by atoms with van der Waals surface area (Å²) in [6, 6.07) is 7.30. The van der Waals surface area contributed by atoms with E-state index in [1.165, 1.54) is 7.11 Å². The van der Waals surface area contributed by atoms with E-state index in [9.17, 15) is 19.2 Å². The van der Waals surface area contributed by atoms with Crippen LogP contribution in [0.4, 0.5) is 5.69 Å². The van der Waals surface area contributed by atoms with E-state index in [4.69, 9.17) is 0 Å². The average Bonchev–Trinajstić information content (AvgIpc) is 3.57. The molecule has 8 nitrogen and oxygen atoms in total. The summed E-state index contributed by atoms with van der Waals surface area (Å²) < 4.78 is 4.62. The number of hydrogen-bond acceptors (Lipinski definition) is 5. The molecule has 198 valence electrons. The fourth-order valence-corrected chi connectivity index (χ4v) is 5.12. The van der Waals surface area contributed by atoms with Gasteiger partial charge >= 0.3 is 5.97 Å². The Morgan fingerprint density at radius 3 is 1.78 bits per heavy atom. The van der Waals surface area contributed by atoms with Gasteiger partial charge in [-0.15, -0.1) is 0 Å². The molecular weight excluding hydrogens is 458 g/mol. The van der Waals surface area contributed by atoms with Gasteiger partial charge in [-0.3, -0.25) is 19.2 Å². The van der Waals surface area contributed by atoms with Crippen LogP contribution < -0.4 is 16.0 Å². The quantitative estimate of drug-likeness (QED) is 0.212. The van der Waals surface area contributed by atoms with E-state index in [0.29, 0.717) is 24.1 Å². The third kappa shape index (κ3) is 8.95. The molecular formula is C28H41N3O5. The van der Waals surface area contributed by atoms with Gasteiger partial charge in [0.15, 0.2) is 0 Å². The normalized spacial score (nSPS) is 16.2. The van der Waals surface area contributed by atoms with Gasteiger partial charge < -0.3 is 20.7 Å². The highest BCUT2D eigenvalue weighted by Gasteiger charge is 2.32. The first-order valence-corrected chi connectivity index (χ1v) is 13.5. The van der Waals surface area contributed by atoms with Crippen LogP contribution in [0.5, 0.6) is 0 Å². The molecule has 0 atom stereocenters. The van der Waals surface area contributed by atoms with Gasteiger partial charge in [-0.2, -0.15) is 0 Å². The Morgan fingerprint density at radius 1 is 0.778 bits per heavy atom. The van der Waals surface area contributed by atoms with Crippen molar-refractivity contribution in [2.24, 2.45) is 0 Å². The lowest BCUT2D eigenvalue weighted by molar-refractivity contribution is -0.140. The standard InChI is InChI=1S/C28H41N3O5/c1-36-25(33)15-5-3-2-4-14-24(32)29-23-18-16-20(17-19-23)26(27(34)30-21-10-6-7-11-21)28(35)31-22-12-8-9-13-22/h16-19,21-22,26H,2-15H2,1H3,(H,29,32)(H,30,34)(H,31,35). The molecule has 0 heterocycles. The zero-order chi connectivity index (χ0) is 25.8. The van der Waals surface area contributed by atoms with Crippen LogP contribution in [0.25, 0.3) is 0 Å². The van der Waals surface area contributed by atoms with E-state index in [1.54, 1.807) is 24.3 Å². The Bertz CT molecular complexity index is 844. The fourth-order valence-electron chi connectivity index (χ4n) is 5.12. The number of amides is 3. The zero-order valence-corrected chi connectivity index (χ0v) is 21.5. The Hall–Kier alpha value is -2.90. The molecule has 8 heteroatoms. The molecule has 0 aliphatic heterocycles. The fraction of sp³-hybridized carbons (Fsp3) is 0.643.